The Balaban J connectivity index is 1.69. The molecule has 0 unspecified atom stereocenters. The summed E-state index contributed by atoms with van der Waals surface area (Å²) in [5, 5.41) is 2.50. The summed E-state index contributed by atoms with van der Waals surface area (Å²) in [6, 6.07) is 6.87. The van der Waals surface area contributed by atoms with Gasteiger partial charge in [0.1, 0.15) is 0 Å². The monoisotopic (exact) mass is 346 g/mol. The van der Waals surface area contributed by atoms with Crippen LogP contribution in [-0.2, 0) is 0 Å². The van der Waals surface area contributed by atoms with Gasteiger partial charge in [-0.15, -0.1) is 0 Å². The molecule has 0 saturated heterocycles. The fraction of sp³-hybridized carbons (Fsp3) is 0.368. The first-order valence-electron chi connectivity index (χ1n) is 8.48. The maximum atomic E-state index is 13.8. The summed E-state index contributed by atoms with van der Waals surface area (Å²) in [7, 11) is 0. The zero-order valence-corrected chi connectivity index (χ0v) is 13.8. The largest absolute Gasteiger partial charge is 0.489 e. The van der Waals surface area contributed by atoms with Gasteiger partial charge in [-0.3, -0.25) is 4.79 Å². The molecule has 1 aromatic heterocycles. The number of carbonyl (C=O) groups excluding carboxylic acids is 1. The molecule has 0 aliphatic heterocycles. The zero-order chi connectivity index (χ0) is 17.6. The highest BCUT2D eigenvalue weighted by atomic mass is 19.2. The molecule has 25 heavy (non-hydrogen) atoms. The summed E-state index contributed by atoms with van der Waals surface area (Å²) in [4.78, 5) is 16.3. The summed E-state index contributed by atoms with van der Waals surface area (Å²) in [5.41, 5.74) is -0.371. The third-order valence-electron chi connectivity index (χ3n) is 4.40. The van der Waals surface area contributed by atoms with Gasteiger partial charge in [-0.05, 0) is 43.0 Å². The molecule has 2 aromatic rings. The average molecular weight is 346 g/mol. The van der Waals surface area contributed by atoms with E-state index in [-0.39, 0.29) is 11.4 Å². The molecule has 0 radical (unpaired) electrons. The number of halogens is 2. The lowest BCUT2D eigenvalue weighted by Crippen LogP contribution is -2.18. The number of rotatable bonds is 5. The van der Waals surface area contributed by atoms with E-state index in [0.29, 0.717) is 18.3 Å². The van der Waals surface area contributed by atoms with Gasteiger partial charge in [-0.2, -0.15) is 0 Å². The molecule has 1 aromatic carbocycles. The van der Waals surface area contributed by atoms with E-state index in [2.05, 4.69) is 10.3 Å². The first kappa shape index (κ1) is 17.3. The van der Waals surface area contributed by atoms with Crippen LogP contribution < -0.4 is 10.1 Å². The van der Waals surface area contributed by atoms with Crippen LogP contribution in [-0.4, -0.2) is 17.5 Å². The molecule has 0 bridgehead atoms. The topological polar surface area (TPSA) is 51.2 Å². The van der Waals surface area contributed by atoms with Crippen molar-refractivity contribution in [1.82, 2.24) is 4.98 Å². The van der Waals surface area contributed by atoms with Gasteiger partial charge in [0.05, 0.1) is 12.2 Å². The van der Waals surface area contributed by atoms with Gasteiger partial charge in [-0.25, -0.2) is 13.8 Å². The Hall–Kier alpha value is -2.50. The SMILES string of the molecule is O=C(Nc1ncccc1OCC1CCCCC1)c1cccc(F)c1F. The molecule has 3 rings (SSSR count). The third kappa shape index (κ3) is 4.32. The molecule has 1 aliphatic rings. The number of anilines is 1. The van der Waals surface area contributed by atoms with Crippen LogP contribution in [0.4, 0.5) is 14.6 Å². The van der Waals surface area contributed by atoms with Crippen molar-refractivity contribution in [3.63, 3.8) is 0 Å². The van der Waals surface area contributed by atoms with Crippen LogP contribution in [0.25, 0.3) is 0 Å². The minimum atomic E-state index is -1.18. The van der Waals surface area contributed by atoms with E-state index >= 15 is 0 Å². The highest BCUT2D eigenvalue weighted by Gasteiger charge is 2.18. The molecule has 132 valence electrons. The molecular formula is C19H20F2N2O2. The molecule has 1 heterocycles. The van der Waals surface area contributed by atoms with E-state index in [4.69, 9.17) is 4.74 Å². The van der Waals surface area contributed by atoms with E-state index in [1.165, 1.54) is 37.6 Å². The zero-order valence-electron chi connectivity index (χ0n) is 13.8. The first-order valence-corrected chi connectivity index (χ1v) is 8.48. The van der Waals surface area contributed by atoms with Gasteiger partial charge < -0.3 is 10.1 Å². The number of nitrogens with zero attached hydrogens (tertiary/aromatic N) is 1. The summed E-state index contributed by atoms with van der Waals surface area (Å²) in [5.74, 6) is -1.88. The Kier molecular flexibility index (Phi) is 5.58. The molecule has 1 aliphatic carbocycles. The predicted molar refractivity (Wildman–Crippen MR) is 90.6 cm³/mol. The fourth-order valence-corrected chi connectivity index (χ4v) is 3.02. The summed E-state index contributed by atoms with van der Waals surface area (Å²) in [6.07, 6.45) is 7.47. The standard InChI is InChI=1S/C19H20F2N2O2/c20-15-9-4-8-14(17(15)21)19(24)23-18-16(10-5-11-22-18)25-12-13-6-2-1-3-7-13/h4-5,8-11,13H,1-3,6-7,12H2,(H,22,23,24). The molecule has 0 spiro atoms. The molecular weight excluding hydrogens is 326 g/mol. The summed E-state index contributed by atoms with van der Waals surface area (Å²) in [6.45, 7) is 0.558. The second-order valence-corrected chi connectivity index (χ2v) is 6.22. The Morgan fingerprint density at radius 1 is 1.16 bits per heavy atom. The average Bonchev–Trinajstić information content (AvgIpc) is 2.64. The number of amides is 1. The van der Waals surface area contributed by atoms with Gasteiger partial charge in [0.25, 0.3) is 5.91 Å². The maximum Gasteiger partial charge on any atom is 0.260 e. The normalized spacial score (nSPS) is 15.0. The number of ether oxygens (including phenoxy) is 1. The van der Waals surface area contributed by atoms with Crippen LogP contribution in [0.2, 0.25) is 0 Å². The molecule has 1 saturated carbocycles. The number of nitrogens with one attached hydrogen (secondary N) is 1. The van der Waals surface area contributed by atoms with Gasteiger partial charge in [-0.1, -0.05) is 25.3 Å². The summed E-state index contributed by atoms with van der Waals surface area (Å²) >= 11 is 0. The number of benzene rings is 1. The Labute approximate surface area is 145 Å². The predicted octanol–water partition coefficient (Wildman–Crippen LogP) is 4.57. The van der Waals surface area contributed by atoms with Crippen molar-refractivity contribution in [2.24, 2.45) is 5.92 Å². The van der Waals surface area contributed by atoms with E-state index in [9.17, 15) is 13.6 Å². The number of carbonyl (C=O) groups is 1. The van der Waals surface area contributed by atoms with Crippen LogP contribution in [0, 0.1) is 17.6 Å². The van der Waals surface area contributed by atoms with Gasteiger partial charge >= 0.3 is 0 Å². The number of hydrogen-bond donors (Lipinski definition) is 1. The maximum absolute atomic E-state index is 13.8. The van der Waals surface area contributed by atoms with Crippen molar-refractivity contribution in [3.8, 4) is 5.75 Å². The van der Waals surface area contributed by atoms with E-state index in [1.54, 1.807) is 12.1 Å². The van der Waals surface area contributed by atoms with Crippen molar-refractivity contribution >= 4 is 11.7 Å². The van der Waals surface area contributed by atoms with Crippen LogP contribution >= 0.6 is 0 Å². The molecule has 1 amide bonds. The lowest BCUT2D eigenvalue weighted by atomic mass is 9.90. The van der Waals surface area contributed by atoms with E-state index in [0.717, 1.165) is 18.9 Å². The smallest absolute Gasteiger partial charge is 0.260 e. The third-order valence-corrected chi connectivity index (χ3v) is 4.40. The van der Waals surface area contributed by atoms with Crippen LogP contribution in [0.1, 0.15) is 42.5 Å². The van der Waals surface area contributed by atoms with Crippen LogP contribution in [0.3, 0.4) is 0 Å². The lowest BCUT2D eigenvalue weighted by molar-refractivity contribution is 0.102. The quantitative estimate of drug-likeness (QED) is 0.863. The van der Waals surface area contributed by atoms with Gasteiger partial charge in [0.2, 0.25) is 0 Å². The molecule has 1 N–H and O–H groups in total. The van der Waals surface area contributed by atoms with E-state index in [1.807, 2.05) is 0 Å². The number of aromatic nitrogens is 1. The van der Waals surface area contributed by atoms with Crippen molar-refractivity contribution in [2.75, 3.05) is 11.9 Å². The van der Waals surface area contributed by atoms with Gasteiger partial charge in [0.15, 0.2) is 23.2 Å². The molecule has 0 atom stereocenters. The Morgan fingerprint density at radius 3 is 2.76 bits per heavy atom. The minimum absolute atomic E-state index is 0.201. The minimum Gasteiger partial charge on any atom is -0.489 e. The molecule has 6 heteroatoms. The van der Waals surface area contributed by atoms with Crippen molar-refractivity contribution in [1.29, 1.82) is 0 Å². The Morgan fingerprint density at radius 2 is 1.96 bits per heavy atom. The highest BCUT2D eigenvalue weighted by Crippen LogP contribution is 2.27. The second-order valence-electron chi connectivity index (χ2n) is 6.22. The van der Waals surface area contributed by atoms with Gasteiger partial charge in [0, 0.05) is 6.20 Å². The van der Waals surface area contributed by atoms with Crippen molar-refractivity contribution in [2.45, 2.75) is 32.1 Å². The Bertz CT molecular complexity index is 746. The second kappa shape index (κ2) is 8.05. The van der Waals surface area contributed by atoms with Crippen molar-refractivity contribution < 1.29 is 18.3 Å². The van der Waals surface area contributed by atoms with Crippen molar-refractivity contribution in [3.05, 3.63) is 53.7 Å². The molecule has 4 nitrogen and oxygen atoms in total. The number of hydrogen-bond acceptors (Lipinski definition) is 3. The van der Waals surface area contributed by atoms with Crippen LogP contribution in [0.15, 0.2) is 36.5 Å². The fourth-order valence-electron chi connectivity index (χ4n) is 3.02. The number of pyridine rings is 1. The lowest BCUT2D eigenvalue weighted by Gasteiger charge is -2.22. The first-order chi connectivity index (χ1) is 12.1. The van der Waals surface area contributed by atoms with Crippen LogP contribution in [0.5, 0.6) is 5.75 Å². The molecule has 1 fully saturated rings. The summed E-state index contributed by atoms with van der Waals surface area (Å²) < 4.78 is 32.9. The highest BCUT2D eigenvalue weighted by molar-refractivity contribution is 6.04. The van der Waals surface area contributed by atoms with E-state index < -0.39 is 17.5 Å².